The van der Waals surface area contributed by atoms with E-state index in [1.807, 2.05) is 0 Å². The quantitative estimate of drug-likeness (QED) is 0.205. The summed E-state index contributed by atoms with van der Waals surface area (Å²) in [4.78, 5) is 34.1. The van der Waals surface area contributed by atoms with Crippen LogP contribution in [0.1, 0.15) is 59.3 Å². The van der Waals surface area contributed by atoms with Gasteiger partial charge in [0.2, 0.25) is 0 Å². The van der Waals surface area contributed by atoms with Gasteiger partial charge in [-0.15, -0.1) is 0 Å². The number of carboxylic acids is 1. The van der Waals surface area contributed by atoms with E-state index in [9.17, 15) is 14.4 Å². The standard InChI is InChI=1S/C9H17N3O2.C6H10O3/c1-7(2)14-9(13)8(10)5-3-4-6-12-11;1-5(7)3-2-4-6(8)9/h6-8H,3-5,10H2,1-2H3;2-4H2,1H3,(H,8,9)/t8-;/m0./s1. The maximum Gasteiger partial charge on any atom is 0.323 e. The second-order valence-corrected chi connectivity index (χ2v) is 5.27. The zero-order valence-electron chi connectivity index (χ0n) is 14.0. The number of ether oxygens (including phenoxy) is 1. The third-order valence-electron chi connectivity index (χ3n) is 2.50. The van der Waals surface area contributed by atoms with Gasteiger partial charge in [0.25, 0.3) is 6.21 Å². The van der Waals surface area contributed by atoms with Crippen LogP contribution in [0, 0.1) is 0 Å². The largest absolute Gasteiger partial charge is 0.481 e. The van der Waals surface area contributed by atoms with Crippen molar-refractivity contribution in [3.05, 3.63) is 5.53 Å². The molecule has 23 heavy (non-hydrogen) atoms. The maximum absolute atomic E-state index is 11.2. The Morgan fingerprint density at radius 3 is 2.30 bits per heavy atom. The lowest BCUT2D eigenvalue weighted by molar-refractivity contribution is -0.149. The molecular formula is C15H27N3O5. The van der Waals surface area contributed by atoms with Gasteiger partial charge in [-0.05, 0) is 40.0 Å². The van der Waals surface area contributed by atoms with E-state index in [2.05, 4.69) is 4.79 Å². The van der Waals surface area contributed by atoms with Crippen LogP contribution in [0.4, 0.5) is 0 Å². The minimum atomic E-state index is -0.837. The van der Waals surface area contributed by atoms with E-state index in [0.717, 1.165) is 0 Å². The van der Waals surface area contributed by atoms with Gasteiger partial charge in [0.1, 0.15) is 11.8 Å². The van der Waals surface area contributed by atoms with Gasteiger partial charge < -0.3 is 25.9 Å². The molecule has 3 N–H and O–H groups in total. The summed E-state index contributed by atoms with van der Waals surface area (Å²) in [5, 5.41) is 8.12. The summed E-state index contributed by atoms with van der Waals surface area (Å²) in [5.74, 6) is -1.16. The lowest BCUT2D eigenvalue weighted by Crippen LogP contribution is -2.33. The van der Waals surface area contributed by atoms with Gasteiger partial charge in [0, 0.05) is 19.3 Å². The molecule has 0 unspecified atom stereocenters. The second-order valence-electron chi connectivity index (χ2n) is 5.27. The number of rotatable bonds is 10. The van der Waals surface area contributed by atoms with E-state index in [0.29, 0.717) is 32.1 Å². The van der Waals surface area contributed by atoms with Crippen molar-refractivity contribution >= 4 is 23.9 Å². The fourth-order valence-electron chi connectivity index (χ4n) is 1.41. The molecule has 0 aromatic carbocycles. The summed E-state index contributed by atoms with van der Waals surface area (Å²) >= 11 is 0. The maximum atomic E-state index is 11.2. The molecule has 0 aliphatic heterocycles. The summed E-state index contributed by atoms with van der Waals surface area (Å²) in [6.07, 6.45) is 4.04. The van der Waals surface area contributed by atoms with Crippen molar-refractivity contribution in [2.75, 3.05) is 0 Å². The third-order valence-corrected chi connectivity index (χ3v) is 2.50. The number of hydrogen-bond acceptors (Lipinski definition) is 5. The number of carboxylic acid groups (broad SMARTS) is 1. The molecule has 0 aromatic rings. The Labute approximate surface area is 136 Å². The number of esters is 1. The van der Waals surface area contributed by atoms with Crippen molar-refractivity contribution in [2.45, 2.75) is 71.4 Å². The molecule has 0 amide bonds. The molecule has 0 saturated heterocycles. The summed E-state index contributed by atoms with van der Waals surface area (Å²) < 4.78 is 4.92. The molecule has 0 aliphatic carbocycles. The zero-order chi connectivity index (χ0) is 18.3. The van der Waals surface area contributed by atoms with Crippen molar-refractivity contribution in [3.63, 3.8) is 0 Å². The van der Waals surface area contributed by atoms with Crippen molar-refractivity contribution in [2.24, 2.45) is 5.73 Å². The lowest BCUT2D eigenvalue weighted by atomic mass is 10.1. The normalized spacial score (nSPS) is 10.8. The highest BCUT2D eigenvalue weighted by Crippen LogP contribution is 2.01. The second kappa shape index (κ2) is 14.9. The van der Waals surface area contributed by atoms with E-state index < -0.39 is 12.0 Å². The zero-order valence-corrected chi connectivity index (χ0v) is 14.0. The summed E-state index contributed by atoms with van der Waals surface area (Å²) in [5.41, 5.74) is 13.7. The molecule has 0 spiro atoms. The number of hydrogen-bond donors (Lipinski definition) is 2. The first kappa shape index (κ1) is 23.2. The fraction of sp³-hybridized carbons (Fsp3) is 0.733. The number of ketones is 1. The molecule has 132 valence electrons. The van der Waals surface area contributed by atoms with Crippen molar-refractivity contribution in [1.82, 2.24) is 0 Å². The smallest absolute Gasteiger partial charge is 0.323 e. The molecule has 0 aromatic heterocycles. The van der Waals surface area contributed by atoms with Crippen molar-refractivity contribution in [1.29, 1.82) is 0 Å². The summed E-state index contributed by atoms with van der Waals surface area (Å²) in [6.45, 7) is 5.02. The van der Waals surface area contributed by atoms with Crippen molar-refractivity contribution < 1.29 is 29.0 Å². The van der Waals surface area contributed by atoms with E-state index in [-0.39, 0.29) is 24.3 Å². The Morgan fingerprint density at radius 1 is 1.26 bits per heavy atom. The summed E-state index contributed by atoms with van der Waals surface area (Å²) in [6, 6.07) is -0.579. The number of nitrogens with zero attached hydrogens (tertiary/aromatic N) is 2. The van der Waals surface area contributed by atoms with E-state index in [1.165, 1.54) is 13.1 Å². The highest BCUT2D eigenvalue weighted by molar-refractivity contribution is 5.76. The van der Waals surface area contributed by atoms with Crippen LogP contribution in [-0.2, 0) is 19.1 Å². The monoisotopic (exact) mass is 329 g/mol. The molecule has 0 fully saturated rings. The highest BCUT2D eigenvalue weighted by Gasteiger charge is 2.15. The molecule has 0 radical (unpaired) electrons. The van der Waals surface area contributed by atoms with Crippen molar-refractivity contribution in [3.8, 4) is 0 Å². The van der Waals surface area contributed by atoms with Crippen LogP contribution < -0.4 is 5.73 Å². The first-order chi connectivity index (χ1) is 10.7. The van der Waals surface area contributed by atoms with Gasteiger partial charge in [0.05, 0.1) is 6.10 Å². The van der Waals surface area contributed by atoms with Gasteiger partial charge in [-0.1, -0.05) is 0 Å². The van der Waals surface area contributed by atoms with Gasteiger partial charge in [-0.3, -0.25) is 9.59 Å². The third kappa shape index (κ3) is 19.9. The number of carbonyl (C=O) groups excluding carboxylic acids is 2. The number of Topliss-reactive ketones (excluding diaryl/α,β-unsaturated/α-hetero) is 1. The minimum absolute atomic E-state index is 0.0521. The number of unbranched alkanes of at least 4 members (excludes halogenated alkanes) is 1. The molecule has 0 heterocycles. The van der Waals surface area contributed by atoms with Crippen LogP contribution >= 0.6 is 0 Å². The molecular weight excluding hydrogens is 302 g/mol. The highest BCUT2D eigenvalue weighted by atomic mass is 16.5. The molecule has 8 heteroatoms. The predicted molar refractivity (Wildman–Crippen MR) is 84.9 cm³/mol. The van der Waals surface area contributed by atoms with Gasteiger partial charge in [0.15, 0.2) is 0 Å². The molecule has 1 atom stereocenters. The number of nitrogens with two attached hydrogens (primary N) is 1. The molecule has 0 rings (SSSR count). The van der Waals surface area contributed by atoms with Gasteiger partial charge in [-0.2, -0.15) is 4.79 Å². The van der Waals surface area contributed by atoms with Crippen LogP contribution in [0.15, 0.2) is 0 Å². The average Bonchev–Trinajstić information content (AvgIpc) is 2.42. The Balaban J connectivity index is 0. The average molecular weight is 329 g/mol. The Bertz CT molecular complexity index is 403. The number of aliphatic carboxylic acids is 1. The number of carbonyl (C=O) groups is 3. The van der Waals surface area contributed by atoms with Crippen LogP contribution in [0.2, 0.25) is 0 Å². The van der Waals surface area contributed by atoms with E-state index in [1.54, 1.807) is 13.8 Å². The topological polar surface area (TPSA) is 143 Å². The van der Waals surface area contributed by atoms with Crippen LogP contribution in [0.5, 0.6) is 0 Å². The Morgan fingerprint density at radius 2 is 1.87 bits per heavy atom. The van der Waals surface area contributed by atoms with Crippen LogP contribution in [-0.4, -0.2) is 46.0 Å². The van der Waals surface area contributed by atoms with Gasteiger partial charge >= 0.3 is 11.9 Å². The minimum Gasteiger partial charge on any atom is -0.481 e. The molecule has 0 bridgehead atoms. The molecule has 8 nitrogen and oxygen atoms in total. The summed E-state index contributed by atoms with van der Waals surface area (Å²) in [7, 11) is 0. The molecule has 0 aliphatic rings. The lowest BCUT2D eigenvalue weighted by Gasteiger charge is -2.12. The SMILES string of the molecule is CC(=O)CCCC(=O)O.CC(C)OC(=O)[C@@H](N)CCCC=[N+]=[N-]. The van der Waals surface area contributed by atoms with Crippen LogP contribution in [0.25, 0.3) is 5.53 Å². The van der Waals surface area contributed by atoms with Crippen LogP contribution in [0.3, 0.4) is 0 Å². The van der Waals surface area contributed by atoms with E-state index >= 15 is 0 Å². The fourth-order valence-corrected chi connectivity index (χ4v) is 1.41. The Kier molecular flexibility index (Phi) is 15.0. The van der Waals surface area contributed by atoms with Gasteiger partial charge in [-0.25, -0.2) is 0 Å². The predicted octanol–water partition coefficient (Wildman–Crippen LogP) is 1.57. The van der Waals surface area contributed by atoms with E-state index in [4.69, 9.17) is 21.1 Å². The first-order valence-corrected chi connectivity index (χ1v) is 7.53. The molecule has 0 saturated carbocycles. The Hall–Kier alpha value is -2.05. The first-order valence-electron chi connectivity index (χ1n) is 7.53.